The fraction of sp³-hybridized carbons (Fsp3) is 0.167. The van der Waals surface area contributed by atoms with Gasteiger partial charge < -0.3 is 14.2 Å². The van der Waals surface area contributed by atoms with Gasteiger partial charge in [-0.3, -0.25) is 4.79 Å². The van der Waals surface area contributed by atoms with Crippen molar-refractivity contribution < 1.29 is 9.21 Å². The van der Waals surface area contributed by atoms with Crippen molar-refractivity contribution in [2.24, 2.45) is 4.99 Å². The summed E-state index contributed by atoms with van der Waals surface area (Å²) in [5.74, 6) is 0.151. The number of carbonyl (C=O) groups is 1. The summed E-state index contributed by atoms with van der Waals surface area (Å²) in [5.41, 5.74) is 2.64. The number of anilines is 2. The molecule has 0 amide bonds. The predicted molar refractivity (Wildman–Crippen MR) is 102 cm³/mol. The molecule has 0 aliphatic rings. The van der Waals surface area contributed by atoms with Crippen LogP contribution in [0.3, 0.4) is 0 Å². The predicted octanol–water partition coefficient (Wildman–Crippen LogP) is 4.16. The van der Waals surface area contributed by atoms with Gasteiger partial charge in [-0.2, -0.15) is 0 Å². The maximum atomic E-state index is 11.4. The summed E-state index contributed by atoms with van der Waals surface area (Å²) in [6, 6.07) is 9.23. The van der Waals surface area contributed by atoms with Crippen molar-refractivity contribution in [1.29, 1.82) is 0 Å². The maximum Gasteiger partial charge on any atom is 0.231 e. The zero-order chi connectivity index (χ0) is 18.0. The van der Waals surface area contributed by atoms with E-state index in [4.69, 9.17) is 16.0 Å². The number of benzene rings is 1. The Morgan fingerprint density at radius 3 is 2.52 bits per heavy atom. The van der Waals surface area contributed by atoms with Gasteiger partial charge in [0.1, 0.15) is 5.69 Å². The first-order chi connectivity index (χ1) is 12.0. The minimum atomic E-state index is 0.151. The van der Waals surface area contributed by atoms with Gasteiger partial charge in [-0.05, 0) is 30.3 Å². The molecule has 128 valence electrons. The number of rotatable bonds is 5. The summed E-state index contributed by atoms with van der Waals surface area (Å²) in [6.07, 6.45) is 3.92. The first-order valence-corrected chi connectivity index (χ1v) is 7.95. The quantitative estimate of drug-likeness (QED) is 0.390. The Balaban J connectivity index is 2.05. The largest absolute Gasteiger partial charge is 0.432 e. The van der Waals surface area contributed by atoms with Crippen molar-refractivity contribution in [3.8, 4) is 0 Å². The van der Waals surface area contributed by atoms with Crippen LogP contribution in [0.25, 0.3) is 11.1 Å². The summed E-state index contributed by atoms with van der Waals surface area (Å²) in [7, 11) is 5.69. The van der Waals surface area contributed by atoms with Crippen LogP contribution in [0.5, 0.6) is 0 Å². The molecule has 0 aliphatic heterocycles. The first kappa shape index (κ1) is 17.0. The Bertz CT molecular complexity index is 932. The van der Waals surface area contributed by atoms with Crippen molar-refractivity contribution in [3.05, 3.63) is 47.3 Å². The minimum Gasteiger partial charge on any atom is -0.432 e. The molecular weight excluding hydrogens is 340 g/mol. The number of halogens is 1. The third kappa shape index (κ3) is 3.34. The molecule has 0 radical (unpaired) electrons. The number of aldehydes is 1. The van der Waals surface area contributed by atoms with Crippen molar-refractivity contribution in [3.63, 3.8) is 0 Å². The van der Waals surface area contributed by atoms with Crippen molar-refractivity contribution >= 4 is 52.4 Å². The Morgan fingerprint density at radius 2 is 1.88 bits per heavy atom. The lowest BCUT2D eigenvalue weighted by Gasteiger charge is -2.14. The minimum absolute atomic E-state index is 0.151. The third-order valence-electron chi connectivity index (χ3n) is 3.75. The van der Waals surface area contributed by atoms with E-state index in [-0.39, 0.29) is 5.76 Å². The Morgan fingerprint density at radius 1 is 1.16 bits per heavy atom. The number of aliphatic imine (C=N–C) groups is 1. The number of hydrogen-bond donors (Lipinski definition) is 0. The highest BCUT2D eigenvalue weighted by atomic mass is 35.5. The van der Waals surface area contributed by atoms with Gasteiger partial charge >= 0.3 is 0 Å². The maximum absolute atomic E-state index is 11.4. The zero-order valence-electron chi connectivity index (χ0n) is 14.1. The fourth-order valence-electron chi connectivity index (χ4n) is 2.48. The first-order valence-electron chi connectivity index (χ1n) is 7.58. The van der Waals surface area contributed by atoms with E-state index < -0.39 is 0 Å². The summed E-state index contributed by atoms with van der Waals surface area (Å²) >= 11 is 5.91. The van der Waals surface area contributed by atoms with Gasteiger partial charge in [-0.15, -0.1) is 0 Å². The Labute approximate surface area is 150 Å². The molecule has 0 atom stereocenters. The molecule has 3 aromatic rings. The molecule has 3 rings (SSSR count). The lowest BCUT2D eigenvalue weighted by Crippen LogP contribution is -2.13. The van der Waals surface area contributed by atoms with Crippen LogP contribution in [0.4, 0.5) is 17.1 Å². The molecule has 0 fully saturated rings. The van der Waals surface area contributed by atoms with Crippen LogP contribution in [-0.4, -0.2) is 38.8 Å². The molecule has 0 bridgehead atoms. The number of furan rings is 1. The van der Waals surface area contributed by atoms with Crippen molar-refractivity contribution in [1.82, 2.24) is 4.98 Å². The second kappa shape index (κ2) is 6.94. The van der Waals surface area contributed by atoms with E-state index in [1.54, 1.807) is 24.7 Å². The molecule has 7 heteroatoms. The van der Waals surface area contributed by atoms with Gasteiger partial charge in [0.15, 0.2) is 12.0 Å². The number of aromatic nitrogens is 1. The Kier molecular flexibility index (Phi) is 4.72. The van der Waals surface area contributed by atoms with Gasteiger partial charge in [-0.25, -0.2) is 9.98 Å². The number of fused-ring (bicyclic) bond motifs is 1. The smallest absolute Gasteiger partial charge is 0.231 e. The van der Waals surface area contributed by atoms with Crippen LogP contribution in [-0.2, 0) is 0 Å². The van der Waals surface area contributed by atoms with Gasteiger partial charge in [-0.1, -0.05) is 11.6 Å². The molecule has 0 saturated heterocycles. The second-order valence-electron chi connectivity index (χ2n) is 5.67. The van der Waals surface area contributed by atoms with E-state index in [0.29, 0.717) is 28.1 Å². The zero-order valence-corrected chi connectivity index (χ0v) is 14.9. The highest BCUT2D eigenvalue weighted by Gasteiger charge is 2.18. The Hall–Kier alpha value is -2.86. The molecule has 0 aliphatic carbocycles. The second-order valence-corrected chi connectivity index (χ2v) is 6.11. The van der Waals surface area contributed by atoms with E-state index in [2.05, 4.69) is 9.98 Å². The molecular formula is C18H17ClN4O2. The van der Waals surface area contributed by atoms with E-state index in [1.165, 1.54) is 0 Å². The number of carbonyl (C=O) groups excluding carboxylic acids is 1. The van der Waals surface area contributed by atoms with Gasteiger partial charge in [0, 0.05) is 38.0 Å². The van der Waals surface area contributed by atoms with Crippen LogP contribution in [0.2, 0.25) is 5.02 Å². The molecule has 25 heavy (non-hydrogen) atoms. The molecule has 0 N–H and O–H groups in total. The molecule has 0 unspecified atom stereocenters. The lowest BCUT2D eigenvalue weighted by molar-refractivity contribution is 0.110. The SMILES string of the molecule is CN(C)c1ccnc2oc(C=O)c(N=CN(C)c3ccc(Cl)cc3)c12. The van der Waals surface area contributed by atoms with Crippen LogP contribution in [0, 0.1) is 0 Å². The highest BCUT2D eigenvalue weighted by Crippen LogP contribution is 2.37. The normalized spacial score (nSPS) is 11.2. The van der Waals surface area contributed by atoms with E-state index in [1.807, 2.05) is 49.1 Å². The molecule has 1 aromatic carbocycles. The van der Waals surface area contributed by atoms with E-state index >= 15 is 0 Å². The summed E-state index contributed by atoms with van der Waals surface area (Å²) in [4.78, 5) is 23.8. The van der Waals surface area contributed by atoms with E-state index in [0.717, 1.165) is 11.4 Å². The van der Waals surface area contributed by atoms with Gasteiger partial charge in [0.05, 0.1) is 17.4 Å². The van der Waals surface area contributed by atoms with Gasteiger partial charge in [0.25, 0.3) is 0 Å². The third-order valence-corrected chi connectivity index (χ3v) is 4.01. The summed E-state index contributed by atoms with van der Waals surface area (Å²) in [5, 5.41) is 1.37. The summed E-state index contributed by atoms with van der Waals surface area (Å²) in [6.45, 7) is 0. The average molecular weight is 357 g/mol. The molecule has 6 nitrogen and oxygen atoms in total. The van der Waals surface area contributed by atoms with Crippen LogP contribution >= 0.6 is 11.6 Å². The van der Waals surface area contributed by atoms with Crippen LogP contribution < -0.4 is 9.80 Å². The highest BCUT2D eigenvalue weighted by molar-refractivity contribution is 6.30. The molecule has 2 heterocycles. The fourth-order valence-corrected chi connectivity index (χ4v) is 2.60. The van der Waals surface area contributed by atoms with Crippen LogP contribution in [0.15, 0.2) is 45.9 Å². The van der Waals surface area contributed by atoms with Crippen LogP contribution in [0.1, 0.15) is 10.6 Å². The molecule has 0 spiro atoms. The summed E-state index contributed by atoms with van der Waals surface area (Å²) < 4.78 is 5.54. The topological polar surface area (TPSA) is 61.9 Å². The number of pyridine rings is 1. The number of hydrogen-bond acceptors (Lipinski definition) is 5. The van der Waals surface area contributed by atoms with Crippen molar-refractivity contribution in [2.45, 2.75) is 0 Å². The molecule has 2 aromatic heterocycles. The molecule has 0 saturated carbocycles. The number of nitrogens with zero attached hydrogens (tertiary/aromatic N) is 4. The van der Waals surface area contributed by atoms with Crippen molar-refractivity contribution in [2.75, 3.05) is 30.9 Å². The van der Waals surface area contributed by atoms with Gasteiger partial charge in [0.2, 0.25) is 5.71 Å². The standard InChI is InChI=1S/C18H17ClN4O2/c1-22(2)14-8-9-20-18-16(14)17(15(10-24)25-18)21-11-23(3)13-6-4-12(19)5-7-13/h4-11H,1-3H3. The average Bonchev–Trinajstić information content (AvgIpc) is 2.97. The van der Waals surface area contributed by atoms with E-state index in [9.17, 15) is 4.79 Å². The lowest BCUT2D eigenvalue weighted by atomic mass is 10.2. The monoisotopic (exact) mass is 356 g/mol.